The van der Waals surface area contributed by atoms with Crippen LogP contribution in [0.2, 0.25) is 5.02 Å². The van der Waals surface area contributed by atoms with Crippen LogP contribution in [0.4, 0.5) is 0 Å². The van der Waals surface area contributed by atoms with Crippen molar-refractivity contribution in [3.8, 4) is 0 Å². The van der Waals surface area contributed by atoms with Crippen molar-refractivity contribution < 1.29 is 9.53 Å². The number of hydrogen-bond acceptors (Lipinski definition) is 5. The molecule has 27 heavy (non-hydrogen) atoms. The van der Waals surface area contributed by atoms with Crippen LogP contribution in [0, 0.1) is 0 Å². The molecule has 1 aliphatic rings. The van der Waals surface area contributed by atoms with Crippen LogP contribution < -0.4 is 5.32 Å². The van der Waals surface area contributed by atoms with Crippen molar-refractivity contribution in [3.05, 3.63) is 40.7 Å². The number of aromatic nitrogens is 3. The predicted molar refractivity (Wildman–Crippen MR) is 107 cm³/mol. The summed E-state index contributed by atoms with van der Waals surface area (Å²) in [6.07, 6.45) is 2.36. The van der Waals surface area contributed by atoms with E-state index in [1.54, 1.807) is 0 Å². The average Bonchev–Trinajstić information content (AvgIpc) is 3.30. The number of benzene rings is 1. The monoisotopic (exact) mass is 408 g/mol. The number of nitrogens with one attached hydrogen (secondary N) is 1. The van der Waals surface area contributed by atoms with E-state index in [4.69, 9.17) is 16.3 Å². The lowest BCUT2D eigenvalue weighted by molar-refractivity contribution is -0.118. The largest absolute Gasteiger partial charge is 0.376 e. The molecule has 1 saturated heterocycles. The molecular formula is C19H25ClN4O2S. The highest BCUT2D eigenvalue weighted by Gasteiger charge is 2.22. The van der Waals surface area contributed by atoms with E-state index in [-0.39, 0.29) is 17.9 Å². The molecule has 2 heterocycles. The van der Waals surface area contributed by atoms with Gasteiger partial charge in [-0.3, -0.25) is 4.79 Å². The number of halogens is 1. The molecule has 1 atom stereocenters. The molecule has 0 spiro atoms. The Morgan fingerprint density at radius 2 is 2.15 bits per heavy atom. The maximum Gasteiger partial charge on any atom is 0.230 e. The lowest BCUT2D eigenvalue weighted by Crippen LogP contribution is -2.25. The fourth-order valence-corrected chi connectivity index (χ4v) is 3.89. The van der Waals surface area contributed by atoms with E-state index in [1.165, 1.54) is 11.8 Å². The predicted octanol–water partition coefficient (Wildman–Crippen LogP) is 3.64. The Morgan fingerprint density at radius 3 is 2.81 bits per heavy atom. The van der Waals surface area contributed by atoms with Crippen molar-refractivity contribution in [2.45, 2.75) is 57.0 Å². The maximum absolute atomic E-state index is 12.2. The average molecular weight is 409 g/mol. The molecule has 1 fully saturated rings. The molecule has 0 aliphatic carbocycles. The Kier molecular flexibility index (Phi) is 7.15. The normalized spacial score (nSPS) is 16.8. The second-order valence-corrected chi connectivity index (χ2v) is 8.31. The molecule has 3 rings (SSSR count). The van der Waals surface area contributed by atoms with Gasteiger partial charge >= 0.3 is 0 Å². The number of carbonyl (C=O) groups is 1. The second-order valence-electron chi connectivity index (χ2n) is 6.93. The summed E-state index contributed by atoms with van der Waals surface area (Å²) in [6, 6.07) is 7.45. The van der Waals surface area contributed by atoms with E-state index in [0.29, 0.717) is 17.3 Å². The highest BCUT2D eigenvalue weighted by molar-refractivity contribution is 7.99. The third kappa shape index (κ3) is 5.70. The number of nitrogens with zero attached hydrogens (tertiary/aromatic N) is 3. The van der Waals surface area contributed by atoms with Crippen molar-refractivity contribution in [2.75, 3.05) is 12.4 Å². The fraction of sp³-hybridized carbons (Fsp3) is 0.526. The SMILES string of the molecule is CC(C)c1nnc(SCC(=O)NCc2ccc(Cl)cc2)n1CC1CCCO1. The Hall–Kier alpha value is -1.57. The number of rotatable bonds is 8. The van der Waals surface area contributed by atoms with Crippen molar-refractivity contribution in [3.63, 3.8) is 0 Å². The van der Waals surface area contributed by atoms with Crippen LogP contribution >= 0.6 is 23.4 Å². The van der Waals surface area contributed by atoms with Crippen molar-refractivity contribution in [1.29, 1.82) is 0 Å². The molecule has 1 aliphatic heterocycles. The minimum atomic E-state index is -0.0345. The highest BCUT2D eigenvalue weighted by Crippen LogP contribution is 2.24. The Bertz CT molecular complexity index is 758. The van der Waals surface area contributed by atoms with Gasteiger partial charge in [0.05, 0.1) is 18.4 Å². The van der Waals surface area contributed by atoms with Gasteiger partial charge in [0.25, 0.3) is 0 Å². The molecule has 0 bridgehead atoms. The summed E-state index contributed by atoms with van der Waals surface area (Å²) in [5, 5.41) is 13.0. The van der Waals surface area contributed by atoms with Gasteiger partial charge in [-0.15, -0.1) is 10.2 Å². The highest BCUT2D eigenvalue weighted by atomic mass is 35.5. The second kappa shape index (κ2) is 9.57. The third-order valence-electron chi connectivity index (χ3n) is 4.41. The first kappa shape index (κ1) is 20.2. The van der Waals surface area contributed by atoms with E-state index < -0.39 is 0 Å². The van der Waals surface area contributed by atoms with Crippen LogP contribution in [-0.4, -0.2) is 39.1 Å². The molecule has 1 aromatic carbocycles. The Balaban J connectivity index is 1.56. The van der Waals surface area contributed by atoms with E-state index in [0.717, 1.165) is 42.5 Å². The van der Waals surface area contributed by atoms with Gasteiger partial charge in [-0.1, -0.05) is 49.3 Å². The van der Waals surface area contributed by atoms with Gasteiger partial charge in [-0.25, -0.2) is 0 Å². The number of amides is 1. The third-order valence-corrected chi connectivity index (χ3v) is 5.63. The fourth-order valence-electron chi connectivity index (χ4n) is 2.98. The molecule has 146 valence electrons. The Labute approximate surface area is 169 Å². The van der Waals surface area contributed by atoms with Crippen molar-refractivity contribution in [1.82, 2.24) is 20.1 Å². The topological polar surface area (TPSA) is 69.0 Å². The number of carbonyl (C=O) groups excluding carboxylic acids is 1. The molecule has 1 N–H and O–H groups in total. The first-order chi connectivity index (χ1) is 13.0. The van der Waals surface area contributed by atoms with Crippen LogP contribution in [0.5, 0.6) is 0 Å². The van der Waals surface area contributed by atoms with Gasteiger partial charge in [0.2, 0.25) is 5.91 Å². The number of ether oxygens (including phenoxy) is 1. The molecular weight excluding hydrogens is 384 g/mol. The molecule has 0 saturated carbocycles. The van der Waals surface area contributed by atoms with Gasteiger partial charge in [0.15, 0.2) is 5.16 Å². The van der Waals surface area contributed by atoms with Gasteiger partial charge < -0.3 is 14.6 Å². The standard InChI is InChI=1S/C19H25ClN4O2S/c1-13(2)18-22-23-19(24(18)11-16-4-3-9-26-16)27-12-17(25)21-10-14-5-7-15(20)8-6-14/h5-8,13,16H,3-4,9-12H2,1-2H3,(H,21,25). The maximum atomic E-state index is 12.2. The number of hydrogen-bond donors (Lipinski definition) is 1. The van der Waals surface area contributed by atoms with Gasteiger partial charge in [0, 0.05) is 24.1 Å². The minimum absolute atomic E-state index is 0.0345. The summed E-state index contributed by atoms with van der Waals surface area (Å²) >= 11 is 7.29. The van der Waals surface area contributed by atoms with Gasteiger partial charge in [-0.05, 0) is 30.5 Å². The van der Waals surface area contributed by atoms with Gasteiger partial charge in [-0.2, -0.15) is 0 Å². The van der Waals surface area contributed by atoms with Crippen LogP contribution in [0.3, 0.4) is 0 Å². The Morgan fingerprint density at radius 1 is 1.37 bits per heavy atom. The summed E-state index contributed by atoms with van der Waals surface area (Å²) < 4.78 is 7.87. The van der Waals surface area contributed by atoms with Crippen LogP contribution in [0.25, 0.3) is 0 Å². The van der Waals surface area contributed by atoms with Crippen molar-refractivity contribution in [2.24, 2.45) is 0 Å². The lowest BCUT2D eigenvalue weighted by atomic mass is 10.2. The van der Waals surface area contributed by atoms with Crippen LogP contribution in [-0.2, 0) is 22.6 Å². The van der Waals surface area contributed by atoms with Crippen LogP contribution in [0.15, 0.2) is 29.4 Å². The first-order valence-corrected chi connectivity index (χ1v) is 10.6. The molecule has 6 nitrogen and oxygen atoms in total. The quantitative estimate of drug-likeness (QED) is 0.675. The first-order valence-electron chi connectivity index (χ1n) is 9.21. The molecule has 8 heteroatoms. The molecule has 1 unspecified atom stereocenters. The summed E-state index contributed by atoms with van der Waals surface area (Å²) in [5.41, 5.74) is 1.02. The zero-order valence-electron chi connectivity index (χ0n) is 15.7. The van der Waals surface area contributed by atoms with Gasteiger partial charge in [0.1, 0.15) is 5.82 Å². The summed E-state index contributed by atoms with van der Waals surface area (Å²) in [6.45, 7) is 6.25. The number of thioether (sulfide) groups is 1. The van der Waals surface area contributed by atoms with Crippen molar-refractivity contribution >= 4 is 29.3 Å². The van der Waals surface area contributed by atoms with E-state index in [1.807, 2.05) is 24.3 Å². The molecule has 0 radical (unpaired) electrons. The molecule has 1 amide bonds. The lowest BCUT2D eigenvalue weighted by Gasteiger charge is -2.16. The van der Waals surface area contributed by atoms with E-state index >= 15 is 0 Å². The van der Waals surface area contributed by atoms with Crippen LogP contribution in [0.1, 0.15) is 44.0 Å². The van der Waals surface area contributed by atoms with E-state index in [2.05, 4.69) is 33.9 Å². The molecule has 2 aromatic rings. The van der Waals surface area contributed by atoms with E-state index in [9.17, 15) is 4.79 Å². The summed E-state index contributed by atoms with van der Waals surface area (Å²) in [4.78, 5) is 12.2. The summed E-state index contributed by atoms with van der Waals surface area (Å²) in [5.74, 6) is 1.48. The zero-order chi connectivity index (χ0) is 19.2. The zero-order valence-corrected chi connectivity index (χ0v) is 17.2. The molecule has 1 aromatic heterocycles. The minimum Gasteiger partial charge on any atom is -0.376 e. The smallest absolute Gasteiger partial charge is 0.230 e. The summed E-state index contributed by atoms with van der Waals surface area (Å²) in [7, 11) is 0.